The Balaban J connectivity index is 0.00000578. The van der Waals surface area contributed by atoms with Crippen molar-refractivity contribution in [1.29, 1.82) is 0 Å². The molecule has 0 atom stereocenters. The van der Waals surface area contributed by atoms with Crippen LogP contribution < -0.4 is 4.74 Å². The monoisotopic (exact) mass is 1070 g/mol. The average Bonchev–Trinajstić information content (AvgIpc) is 3.96. The van der Waals surface area contributed by atoms with Gasteiger partial charge in [0.05, 0.1) is 16.9 Å². The van der Waals surface area contributed by atoms with Gasteiger partial charge < -0.3 is 18.7 Å². The number of pyridine rings is 1. The number of imidazole rings is 1. The van der Waals surface area contributed by atoms with E-state index in [0.717, 1.165) is 56.0 Å². The Morgan fingerprint density at radius 2 is 1.03 bits per heavy atom. The van der Waals surface area contributed by atoms with Gasteiger partial charge in [-0.3, -0.25) is 4.98 Å². The Morgan fingerprint density at radius 1 is 0.515 bits per heavy atom. The van der Waals surface area contributed by atoms with Crippen molar-refractivity contribution >= 4 is 22.0 Å². The summed E-state index contributed by atoms with van der Waals surface area (Å²) in [5.41, 5.74) is 17.4. The van der Waals surface area contributed by atoms with Crippen LogP contribution in [0.4, 0.5) is 0 Å². The Bertz CT molecular complexity index is 3340. The summed E-state index contributed by atoms with van der Waals surface area (Å²) in [5.74, 6) is 3.83. The van der Waals surface area contributed by atoms with Crippen LogP contribution in [0.5, 0.6) is 11.5 Å². The van der Waals surface area contributed by atoms with Crippen molar-refractivity contribution in [3.05, 3.63) is 198 Å². The van der Waals surface area contributed by atoms with Crippen molar-refractivity contribution in [1.82, 2.24) is 14.5 Å². The quantitative estimate of drug-likeness (QED) is 0.114. The first-order valence-electron chi connectivity index (χ1n) is 23.6. The minimum absolute atomic E-state index is 0. The first-order valence-corrected chi connectivity index (χ1v) is 23.6. The molecule has 340 valence electrons. The van der Waals surface area contributed by atoms with Gasteiger partial charge in [0.15, 0.2) is 0 Å². The number of furan rings is 1. The van der Waals surface area contributed by atoms with Gasteiger partial charge >= 0.3 is 21.1 Å². The van der Waals surface area contributed by atoms with Crippen LogP contribution in [0.1, 0.15) is 101 Å². The average molecular weight is 1070 g/mol. The zero-order chi connectivity index (χ0) is 46.3. The van der Waals surface area contributed by atoms with Gasteiger partial charge in [0, 0.05) is 34.3 Å². The molecule has 0 amide bonds. The Hall–Kier alpha value is -6.81. The predicted molar refractivity (Wildman–Crippen MR) is 276 cm³/mol. The third-order valence-corrected chi connectivity index (χ3v) is 12.8. The normalized spacial score (nSPS) is 11.6. The standard InChI is InChI=1S/C62H55N3O2.Pt/c1-38(2)50-33-46(42-19-11-9-12-20-42)34-51(39(3)4)59(50)58-37-54-57(67-58)29-30-63-60(54)44-23-17-25-48(31-44)66-49-26-18-24-45(32-49)62-64-55-27-15-16-28-56(55)65(62)61-52(40(5)6)35-47(36-53(61)41(7)8)43-21-13-10-14-22-43;/h9-30,33-41H,1-8H3;/q-2;+2. The number of para-hydroxylation sites is 2. The molecule has 0 spiro atoms. The van der Waals surface area contributed by atoms with Crippen LogP contribution in [-0.2, 0) is 21.1 Å². The van der Waals surface area contributed by atoms with Crippen molar-refractivity contribution in [2.24, 2.45) is 0 Å². The molecule has 0 N–H and O–H groups in total. The SMILES string of the molecule is CC(C)c1cc(-c2ccccc2)cc(C(C)C)c1-c1cc2c(-c3[c-]c(Oc4[c-]c(-c5nc6ccccc6n5-c5c(C(C)C)cc(-c6ccccc6)cc5C(C)C)ccc4)ccc3)nccc2o1.[Pt+2]. The summed E-state index contributed by atoms with van der Waals surface area (Å²) in [5, 5.41) is 0.924. The molecule has 3 heterocycles. The smallest absolute Gasteiger partial charge is 0.497 e. The summed E-state index contributed by atoms with van der Waals surface area (Å²) in [6.45, 7) is 18.1. The van der Waals surface area contributed by atoms with Crippen molar-refractivity contribution in [3.63, 3.8) is 0 Å². The van der Waals surface area contributed by atoms with Crippen molar-refractivity contribution in [2.45, 2.75) is 79.1 Å². The van der Waals surface area contributed by atoms with Gasteiger partial charge in [0.2, 0.25) is 0 Å². The maximum atomic E-state index is 6.76. The Kier molecular flexibility index (Phi) is 13.2. The van der Waals surface area contributed by atoms with E-state index in [0.29, 0.717) is 11.5 Å². The second-order valence-corrected chi connectivity index (χ2v) is 18.8. The first kappa shape index (κ1) is 46.3. The number of fused-ring (bicyclic) bond motifs is 2. The minimum Gasteiger partial charge on any atom is -0.497 e. The Labute approximate surface area is 415 Å². The van der Waals surface area contributed by atoms with Crippen molar-refractivity contribution in [2.75, 3.05) is 0 Å². The molecule has 68 heavy (non-hydrogen) atoms. The summed E-state index contributed by atoms with van der Waals surface area (Å²) in [4.78, 5) is 10.2. The first-order chi connectivity index (χ1) is 32.5. The van der Waals surface area contributed by atoms with E-state index in [4.69, 9.17) is 19.1 Å². The maximum Gasteiger partial charge on any atom is 2.00 e. The van der Waals surface area contributed by atoms with Gasteiger partial charge in [-0.2, -0.15) is 0 Å². The second kappa shape index (κ2) is 19.4. The number of hydrogen-bond acceptors (Lipinski definition) is 4. The molecule has 6 heteroatoms. The molecule has 10 aromatic rings. The molecule has 0 aliphatic carbocycles. The van der Waals surface area contributed by atoms with E-state index in [1.165, 1.54) is 50.2 Å². The molecular weight excluding hydrogens is 1010 g/mol. The molecule has 7 aromatic carbocycles. The van der Waals surface area contributed by atoms with Crippen LogP contribution in [0, 0.1) is 12.1 Å². The van der Waals surface area contributed by atoms with Crippen molar-refractivity contribution in [3.8, 4) is 73.4 Å². The maximum absolute atomic E-state index is 6.76. The van der Waals surface area contributed by atoms with E-state index in [2.05, 4.69) is 193 Å². The summed E-state index contributed by atoms with van der Waals surface area (Å²) in [6.07, 6.45) is 1.81. The van der Waals surface area contributed by atoms with Crippen LogP contribution in [-0.4, -0.2) is 14.5 Å². The zero-order valence-electron chi connectivity index (χ0n) is 39.9. The molecule has 0 aliphatic rings. The molecule has 0 unspecified atom stereocenters. The Morgan fingerprint density at radius 3 is 1.60 bits per heavy atom. The molecular formula is C62H55N3O2Pt. The number of nitrogens with zero attached hydrogens (tertiary/aromatic N) is 3. The fourth-order valence-corrected chi connectivity index (χ4v) is 9.43. The van der Waals surface area contributed by atoms with Gasteiger partial charge in [0.25, 0.3) is 0 Å². The predicted octanol–water partition coefficient (Wildman–Crippen LogP) is 17.4. The number of benzene rings is 7. The third kappa shape index (κ3) is 8.88. The molecule has 0 saturated heterocycles. The van der Waals surface area contributed by atoms with E-state index in [-0.39, 0.29) is 44.7 Å². The number of ether oxygens (including phenoxy) is 1. The van der Waals surface area contributed by atoms with Crippen LogP contribution in [0.3, 0.4) is 0 Å². The molecule has 0 radical (unpaired) electrons. The molecule has 10 rings (SSSR count). The summed E-state index contributed by atoms with van der Waals surface area (Å²) < 4.78 is 15.7. The minimum atomic E-state index is 0. The van der Waals surface area contributed by atoms with Gasteiger partial charge in [0.1, 0.15) is 11.3 Å². The molecule has 0 fully saturated rings. The van der Waals surface area contributed by atoms with Crippen LogP contribution >= 0.6 is 0 Å². The largest absolute Gasteiger partial charge is 2.00 e. The molecule has 0 saturated carbocycles. The zero-order valence-corrected chi connectivity index (χ0v) is 42.1. The summed E-state index contributed by atoms with van der Waals surface area (Å²) in [6, 6.07) is 62.3. The molecule has 3 aromatic heterocycles. The van der Waals surface area contributed by atoms with Crippen molar-refractivity contribution < 1.29 is 30.2 Å². The second-order valence-electron chi connectivity index (χ2n) is 18.8. The third-order valence-electron chi connectivity index (χ3n) is 12.8. The van der Waals surface area contributed by atoms with E-state index in [1.807, 2.05) is 42.6 Å². The molecule has 0 aliphatic heterocycles. The van der Waals surface area contributed by atoms with Gasteiger partial charge in [-0.15, -0.1) is 47.5 Å². The van der Waals surface area contributed by atoms with Crippen LogP contribution in [0.25, 0.3) is 83.9 Å². The fraction of sp³-hybridized carbons (Fsp3) is 0.194. The van der Waals surface area contributed by atoms with E-state index in [9.17, 15) is 0 Å². The van der Waals surface area contributed by atoms with E-state index < -0.39 is 0 Å². The van der Waals surface area contributed by atoms with Gasteiger partial charge in [-0.1, -0.05) is 152 Å². The van der Waals surface area contributed by atoms with Crippen LogP contribution in [0.2, 0.25) is 0 Å². The fourth-order valence-electron chi connectivity index (χ4n) is 9.43. The van der Waals surface area contributed by atoms with Gasteiger partial charge in [-0.05, 0) is 110 Å². The summed E-state index contributed by atoms with van der Waals surface area (Å²) in [7, 11) is 0. The number of rotatable bonds is 12. The topological polar surface area (TPSA) is 53.1 Å². The molecule has 0 bridgehead atoms. The summed E-state index contributed by atoms with van der Waals surface area (Å²) >= 11 is 0. The van der Waals surface area contributed by atoms with E-state index >= 15 is 0 Å². The number of aromatic nitrogens is 3. The van der Waals surface area contributed by atoms with Crippen LogP contribution in [0.15, 0.2) is 168 Å². The molecule has 5 nitrogen and oxygen atoms in total. The van der Waals surface area contributed by atoms with Gasteiger partial charge in [-0.25, -0.2) is 0 Å². The van der Waals surface area contributed by atoms with E-state index in [1.54, 1.807) is 0 Å². The number of hydrogen-bond donors (Lipinski definition) is 0.